The van der Waals surface area contributed by atoms with Crippen LogP contribution in [0, 0.1) is 0 Å². The quantitative estimate of drug-likeness (QED) is 0.878. The number of hydrogen-bond acceptors (Lipinski definition) is 3. The van der Waals surface area contributed by atoms with Crippen molar-refractivity contribution in [3.05, 3.63) is 58.9 Å². The first-order valence-corrected chi connectivity index (χ1v) is 7.11. The zero-order chi connectivity index (χ0) is 14.4. The van der Waals surface area contributed by atoms with Gasteiger partial charge in [-0.3, -0.25) is 4.98 Å². The van der Waals surface area contributed by atoms with Gasteiger partial charge in [0.1, 0.15) is 5.75 Å². The van der Waals surface area contributed by atoms with Gasteiger partial charge in [-0.25, -0.2) is 0 Å². The molecule has 0 aliphatic rings. The van der Waals surface area contributed by atoms with Gasteiger partial charge in [0.15, 0.2) is 0 Å². The van der Waals surface area contributed by atoms with E-state index in [0.29, 0.717) is 10.8 Å². The second kappa shape index (κ2) is 7.27. The average molecular weight is 291 g/mol. The van der Waals surface area contributed by atoms with E-state index in [1.807, 2.05) is 42.6 Å². The number of nitrogens with one attached hydrogen (secondary N) is 1. The summed E-state index contributed by atoms with van der Waals surface area (Å²) < 4.78 is 5.30. The molecule has 2 rings (SSSR count). The van der Waals surface area contributed by atoms with E-state index in [9.17, 15) is 0 Å². The zero-order valence-electron chi connectivity index (χ0n) is 11.8. The highest BCUT2D eigenvalue weighted by molar-refractivity contribution is 6.32. The van der Waals surface area contributed by atoms with Crippen LogP contribution in [0.15, 0.2) is 42.6 Å². The molecular weight excluding hydrogens is 272 g/mol. The first-order valence-electron chi connectivity index (χ1n) is 6.74. The molecule has 2 aromatic rings. The van der Waals surface area contributed by atoms with Crippen molar-refractivity contribution in [3.8, 4) is 5.75 Å². The van der Waals surface area contributed by atoms with Crippen LogP contribution in [0.1, 0.15) is 30.6 Å². The van der Waals surface area contributed by atoms with Crippen LogP contribution in [-0.4, -0.2) is 18.6 Å². The molecule has 0 spiro atoms. The van der Waals surface area contributed by atoms with Crippen molar-refractivity contribution in [2.24, 2.45) is 0 Å². The Balaban J connectivity index is 2.36. The van der Waals surface area contributed by atoms with E-state index in [4.69, 9.17) is 16.3 Å². The summed E-state index contributed by atoms with van der Waals surface area (Å²) in [4.78, 5) is 4.45. The average Bonchev–Trinajstić information content (AvgIpc) is 2.50. The fraction of sp³-hybridized carbons (Fsp3) is 0.312. The standard InChI is InChI=1S/C16H19ClN2O/c1-3-9-19-16(14-6-4-5-10-18-14)12-7-8-13(17)15(11-12)20-2/h4-8,10-11,16,19H,3,9H2,1-2H3. The second-order valence-electron chi connectivity index (χ2n) is 4.54. The van der Waals surface area contributed by atoms with Crippen LogP contribution in [0.4, 0.5) is 0 Å². The molecule has 0 bridgehead atoms. The third-order valence-electron chi connectivity index (χ3n) is 3.09. The fourth-order valence-corrected chi connectivity index (χ4v) is 2.28. The predicted octanol–water partition coefficient (Wildman–Crippen LogP) is 3.83. The largest absolute Gasteiger partial charge is 0.495 e. The Hall–Kier alpha value is -1.58. The summed E-state index contributed by atoms with van der Waals surface area (Å²) in [6.45, 7) is 3.07. The number of ether oxygens (including phenoxy) is 1. The van der Waals surface area contributed by atoms with Crippen molar-refractivity contribution in [3.63, 3.8) is 0 Å². The molecule has 3 nitrogen and oxygen atoms in total. The van der Waals surface area contributed by atoms with Crippen molar-refractivity contribution in [2.45, 2.75) is 19.4 Å². The number of benzene rings is 1. The predicted molar refractivity (Wildman–Crippen MR) is 82.4 cm³/mol. The Morgan fingerprint density at radius 3 is 2.80 bits per heavy atom. The number of nitrogens with zero attached hydrogens (tertiary/aromatic N) is 1. The van der Waals surface area contributed by atoms with Crippen LogP contribution < -0.4 is 10.1 Å². The first kappa shape index (κ1) is 14.8. The van der Waals surface area contributed by atoms with Crippen LogP contribution in [0.5, 0.6) is 5.75 Å². The number of hydrogen-bond donors (Lipinski definition) is 1. The van der Waals surface area contributed by atoms with Gasteiger partial charge in [0.05, 0.1) is 23.9 Å². The molecule has 1 unspecified atom stereocenters. The van der Waals surface area contributed by atoms with Crippen molar-refractivity contribution in [2.75, 3.05) is 13.7 Å². The molecule has 1 heterocycles. The minimum absolute atomic E-state index is 0.0438. The van der Waals surface area contributed by atoms with Gasteiger partial charge in [-0.2, -0.15) is 0 Å². The summed E-state index contributed by atoms with van der Waals surface area (Å²) in [6, 6.07) is 11.8. The summed E-state index contributed by atoms with van der Waals surface area (Å²) in [6.07, 6.45) is 2.87. The lowest BCUT2D eigenvalue weighted by atomic mass is 10.0. The maximum atomic E-state index is 6.09. The monoisotopic (exact) mass is 290 g/mol. The van der Waals surface area contributed by atoms with Crippen LogP contribution in [0.2, 0.25) is 5.02 Å². The third-order valence-corrected chi connectivity index (χ3v) is 3.40. The molecule has 1 aromatic carbocycles. The highest BCUT2D eigenvalue weighted by Gasteiger charge is 2.16. The van der Waals surface area contributed by atoms with Gasteiger partial charge in [0, 0.05) is 6.20 Å². The Morgan fingerprint density at radius 2 is 2.15 bits per heavy atom. The van der Waals surface area contributed by atoms with E-state index in [1.165, 1.54) is 0 Å². The fourth-order valence-electron chi connectivity index (χ4n) is 2.08. The summed E-state index contributed by atoms with van der Waals surface area (Å²) in [7, 11) is 1.63. The maximum absolute atomic E-state index is 6.09. The van der Waals surface area contributed by atoms with Crippen LogP contribution in [-0.2, 0) is 0 Å². The molecule has 1 atom stereocenters. The van der Waals surface area contributed by atoms with Crippen molar-refractivity contribution in [1.82, 2.24) is 10.3 Å². The van der Waals surface area contributed by atoms with Crippen molar-refractivity contribution < 1.29 is 4.74 Å². The minimum atomic E-state index is 0.0438. The molecule has 4 heteroatoms. The number of aromatic nitrogens is 1. The van der Waals surface area contributed by atoms with Crippen molar-refractivity contribution in [1.29, 1.82) is 0 Å². The van der Waals surface area contributed by atoms with E-state index >= 15 is 0 Å². The molecule has 0 saturated heterocycles. The molecule has 0 aliphatic heterocycles. The lowest BCUT2D eigenvalue weighted by Gasteiger charge is -2.19. The lowest BCUT2D eigenvalue weighted by molar-refractivity contribution is 0.413. The topological polar surface area (TPSA) is 34.1 Å². The molecule has 0 saturated carbocycles. The summed E-state index contributed by atoms with van der Waals surface area (Å²) >= 11 is 6.09. The van der Waals surface area contributed by atoms with Gasteiger partial charge in [-0.1, -0.05) is 30.7 Å². The smallest absolute Gasteiger partial charge is 0.137 e. The van der Waals surface area contributed by atoms with E-state index in [-0.39, 0.29) is 6.04 Å². The van der Waals surface area contributed by atoms with E-state index in [2.05, 4.69) is 17.2 Å². The van der Waals surface area contributed by atoms with Gasteiger partial charge in [0.25, 0.3) is 0 Å². The molecule has 0 fully saturated rings. The van der Waals surface area contributed by atoms with Crippen LogP contribution >= 0.6 is 11.6 Å². The maximum Gasteiger partial charge on any atom is 0.137 e. The summed E-state index contributed by atoms with van der Waals surface area (Å²) in [5.41, 5.74) is 2.09. The Kier molecular flexibility index (Phi) is 5.39. The van der Waals surface area contributed by atoms with E-state index in [0.717, 1.165) is 24.2 Å². The van der Waals surface area contributed by atoms with Crippen LogP contribution in [0.3, 0.4) is 0 Å². The Bertz CT molecular complexity index is 545. The lowest BCUT2D eigenvalue weighted by Crippen LogP contribution is -2.24. The normalized spacial score (nSPS) is 12.2. The van der Waals surface area contributed by atoms with E-state index in [1.54, 1.807) is 7.11 Å². The first-order chi connectivity index (χ1) is 9.76. The SMILES string of the molecule is CCCNC(c1ccc(Cl)c(OC)c1)c1ccccn1. The molecule has 1 N–H and O–H groups in total. The molecule has 0 radical (unpaired) electrons. The zero-order valence-corrected chi connectivity index (χ0v) is 12.5. The highest BCUT2D eigenvalue weighted by Crippen LogP contribution is 2.29. The minimum Gasteiger partial charge on any atom is -0.495 e. The number of methoxy groups -OCH3 is 1. The van der Waals surface area contributed by atoms with Gasteiger partial charge in [-0.15, -0.1) is 0 Å². The second-order valence-corrected chi connectivity index (χ2v) is 4.94. The van der Waals surface area contributed by atoms with Gasteiger partial charge in [-0.05, 0) is 42.8 Å². The molecule has 1 aromatic heterocycles. The van der Waals surface area contributed by atoms with E-state index < -0.39 is 0 Å². The molecule has 0 amide bonds. The molecule has 20 heavy (non-hydrogen) atoms. The highest BCUT2D eigenvalue weighted by atomic mass is 35.5. The summed E-state index contributed by atoms with van der Waals surface area (Å²) in [5, 5.41) is 4.13. The number of rotatable bonds is 6. The Morgan fingerprint density at radius 1 is 1.30 bits per heavy atom. The van der Waals surface area contributed by atoms with Crippen LogP contribution in [0.25, 0.3) is 0 Å². The third kappa shape index (κ3) is 3.50. The Labute approximate surface area is 124 Å². The van der Waals surface area contributed by atoms with Gasteiger partial charge < -0.3 is 10.1 Å². The molecule has 106 valence electrons. The molecule has 0 aliphatic carbocycles. The molecular formula is C16H19ClN2O. The van der Waals surface area contributed by atoms with Gasteiger partial charge in [0.2, 0.25) is 0 Å². The summed E-state index contributed by atoms with van der Waals surface area (Å²) in [5.74, 6) is 0.684. The number of halogens is 1. The van der Waals surface area contributed by atoms with Crippen molar-refractivity contribution >= 4 is 11.6 Å². The van der Waals surface area contributed by atoms with Gasteiger partial charge >= 0.3 is 0 Å². The number of pyridine rings is 1.